The normalized spacial score (nSPS) is 11.6. The van der Waals surface area contributed by atoms with Crippen LogP contribution >= 0.6 is 0 Å². The Hall–Kier alpha value is -7.63. The molecule has 0 amide bonds. The molecule has 0 atom stereocenters. The Morgan fingerprint density at radius 3 is 1.68 bits per heavy atom. The minimum Gasteiger partial charge on any atom is -0.455 e. The zero-order valence-electron chi connectivity index (χ0n) is 30.1. The number of aromatic nitrogens is 3. The van der Waals surface area contributed by atoms with Crippen molar-refractivity contribution in [3.8, 4) is 67.5 Å². The molecule has 3 aromatic heterocycles. The SMILES string of the molecule is c1ccc(-c2cccc(-c3nc(-c4ccccc4)nc(-c4cccc5c4oc4cc(-c6ccc(-c7ccccc7)c7oc8ccccc8c67)ccc45)n3)c2)cc1. The third kappa shape index (κ3) is 5.37. The summed E-state index contributed by atoms with van der Waals surface area (Å²) in [5, 5.41) is 4.18. The van der Waals surface area contributed by atoms with Crippen LogP contribution in [0, 0.1) is 0 Å². The minimum atomic E-state index is 0.548. The van der Waals surface area contributed by atoms with Gasteiger partial charge in [0.15, 0.2) is 17.5 Å². The Bertz CT molecular complexity index is 3240. The van der Waals surface area contributed by atoms with Crippen molar-refractivity contribution >= 4 is 43.9 Å². The quantitative estimate of drug-likeness (QED) is 0.171. The van der Waals surface area contributed by atoms with E-state index in [-0.39, 0.29) is 0 Å². The van der Waals surface area contributed by atoms with E-state index in [1.165, 1.54) is 0 Å². The highest BCUT2D eigenvalue weighted by Gasteiger charge is 2.21. The Balaban J connectivity index is 1.08. The van der Waals surface area contributed by atoms with Gasteiger partial charge in [-0.1, -0.05) is 152 Å². The summed E-state index contributed by atoms with van der Waals surface area (Å²) in [6.07, 6.45) is 0. The summed E-state index contributed by atoms with van der Waals surface area (Å²) in [7, 11) is 0. The van der Waals surface area contributed by atoms with Crippen LogP contribution < -0.4 is 0 Å². The first-order valence-electron chi connectivity index (χ1n) is 18.7. The largest absolute Gasteiger partial charge is 0.455 e. The summed E-state index contributed by atoms with van der Waals surface area (Å²) >= 11 is 0. The smallest absolute Gasteiger partial charge is 0.167 e. The van der Waals surface area contributed by atoms with Crippen molar-refractivity contribution in [2.45, 2.75) is 0 Å². The summed E-state index contributed by atoms with van der Waals surface area (Å²) < 4.78 is 13.4. The molecular formula is C51H31N3O2. The van der Waals surface area contributed by atoms with Crippen molar-refractivity contribution in [2.24, 2.45) is 0 Å². The summed E-state index contributed by atoms with van der Waals surface area (Å²) in [5.74, 6) is 1.74. The van der Waals surface area contributed by atoms with E-state index in [0.717, 1.165) is 93.9 Å². The van der Waals surface area contributed by atoms with Gasteiger partial charge in [0.25, 0.3) is 0 Å². The van der Waals surface area contributed by atoms with E-state index in [2.05, 4.69) is 121 Å². The fraction of sp³-hybridized carbons (Fsp3) is 0. The maximum absolute atomic E-state index is 6.82. The zero-order chi connectivity index (χ0) is 37.0. The number of hydrogen-bond acceptors (Lipinski definition) is 5. The second-order valence-electron chi connectivity index (χ2n) is 13.9. The second kappa shape index (κ2) is 13.0. The van der Waals surface area contributed by atoms with Crippen molar-refractivity contribution in [3.63, 3.8) is 0 Å². The van der Waals surface area contributed by atoms with Gasteiger partial charge in [0.1, 0.15) is 22.3 Å². The van der Waals surface area contributed by atoms with E-state index in [9.17, 15) is 0 Å². The number of nitrogens with zero attached hydrogens (tertiary/aromatic N) is 3. The average Bonchev–Trinajstić information content (AvgIpc) is 3.86. The summed E-state index contributed by atoms with van der Waals surface area (Å²) in [6.45, 7) is 0. The first-order chi connectivity index (χ1) is 27.7. The molecular weight excluding hydrogens is 687 g/mol. The number of fused-ring (bicyclic) bond motifs is 6. The second-order valence-corrected chi connectivity index (χ2v) is 13.9. The molecule has 262 valence electrons. The van der Waals surface area contributed by atoms with Crippen LogP contribution in [0.15, 0.2) is 197 Å². The molecule has 0 aliphatic carbocycles. The van der Waals surface area contributed by atoms with Gasteiger partial charge in [0.05, 0.1) is 5.56 Å². The molecule has 0 saturated heterocycles. The molecule has 56 heavy (non-hydrogen) atoms. The van der Waals surface area contributed by atoms with Gasteiger partial charge in [-0.2, -0.15) is 0 Å². The van der Waals surface area contributed by atoms with Crippen LogP contribution in [-0.4, -0.2) is 15.0 Å². The molecule has 8 aromatic carbocycles. The maximum Gasteiger partial charge on any atom is 0.167 e. The van der Waals surface area contributed by atoms with Gasteiger partial charge in [0, 0.05) is 38.2 Å². The molecule has 0 aliphatic rings. The molecule has 0 radical (unpaired) electrons. The maximum atomic E-state index is 6.82. The Morgan fingerprint density at radius 2 is 0.875 bits per heavy atom. The molecule has 0 spiro atoms. The lowest BCUT2D eigenvalue weighted by Crippen LogP contribution is -2.00. The van der Waals surface area contributed by atoms with E-state index in [1.807, 2.05) is 66.7 Å². The van der Waals surface area contributed by atoms with Crippen molar-refractivity contribution in [1.29, 1.82) is 0 Å². The molecule has 0 aliphatic heterocycles. The van der Waals surface area contributed by atoms with Crippen molar-refractivity contribution in [1.82, 2.24) is 15.0 Å². The molecule has 0 saturated carbocycles. The van der Waals surface area contributed by atoms with Gasteiger partial charge in [-0.05, 0) is 64.2 Å². The minimum absolute atomic E-state index is 0.548. The molecule has 0 N–H and O–H groups in total. The van der Waals surface area contributed by atoms with E-state index in [4.69, 9.17) is 23.8 Å². The summed E-state index contributed by atoms with van der Waals surface area (Å²) in [5.41, 5.74) is 12.4. The predicted octanol–water partition coefficient (Wildman–Crippen LogP) is 13.7. The van der Waals surface area contributed by atoms with Crippen molar-refractivity contribution < 1.29 is 8.83 Å². The van der Waals surface area contributed by atoms with Crippen LogP contribution in [0.1, 0.15) is 0 Å². The van der Waals surface area contributed by atoms with Gasteiger partial charge in [0.2, 0.25) is 0 Å². The number of rotatable bonds is 6. The van der Waals surface area contributed by atoms with Gasteiger partial charge in [-0.3, -0.25) is 0 Å². The highest BCUT2D eigenvalue weighted by Crippen LogP contribution is 2.43. The molecule has 11 aromatic rings. The average molecular weight is 718 g/mol. The van der Waals surface area contributed by atoms with E-state index < -0.39 is 0 Å². The molecule has 5 heteroatoms. The highest BCUT2D eigenvalue weighted by atomic mass is 16.3. The van der Waals surface area contributed by atoms with Gasteiger partial charge in [-0.25, -0.2) is 15.0 Å². The van der Waals surface area contributed by atoms with Crippen LogP contribution in [0.4, 0.5) is 0 Å². The first-order valence-corrected chi connectivity index (χ1v) is 18.7. The molecule has 0 fully saturated rings. The van der Waals surface area contributed by atoms with Crippen molar-refractivity contribution in [3.05, 3.63) is 188 Å². The third-order valence-corrected chi connectivity index (χ3v) is 10.6. The molecule has 0 bridgehead atoms. The number of benzene rings is 8. The fourth-order valence-electron chi connectivity index (χ4n) is 7.87. The van der Waals surface area contributed by atoms with Crippen molar-refractivity contribution in [2.75, 3.05) is 0 Å². The van der Waals surface area contributed by atoms with Crippen LogP contribution in [0.5, 0.6) is 0 Å². The van der Waals surface area contributed by atoms with Gasteiger partial charge >= 0.3 is 0 Å². The topological polar surface area (TPSA) is 65.0 Å². The van der Waals surface area contributed by atoms with Crippen LogP contribution in [0.2, 0.25) is 0 Å². The van der Waals surface area contributed by atoms with Crippen LogP contribution in [-0.2, 0) is 0 Å². The lowest BCUT2D eigenvalue weighted by molar-refractivity contribution is 0.669. The number of para-hydroxylation sites is 2. The molecule has 5 nitrogen and oxygen atoms in total. The molecule has 11 rings (SSSR count). The molecule has 0 unspecified atom stereocenters. The van der Waals surface area contributed by atoms with E-state index in [0.29, 0.717) is 17.5 Å². The lowest BCUT2D eigenvalue weighted by Gasteiger charge is -2.10. The number of hydrogen-bond donors (Lipinski definition) is 0. The Morgan fingerprint density at radius 1 is 0.286 bits per heavy atom. The standard InChI is InChI=1S/C51H31N3O2/c1-4-14-32(15-5-1)35-20-12-21-37(30-35)50-52-49(34-18-8-3-9-19-34)53-51(54-50)43-24-13-23-41-40-27-26-36(31-45(40)56-47(41)43)38-28-29-39(33-16-6-2-7-17-33)48-46(38)42-22-10-11-25-44(42)55-48/h1-31H. The van der Waals surface area contributed by atoms with Crippen LogP contribution in [0.25, 0.3) is 111 Å². The van der Waals surface area contributed by atoms with E-state index >= 15 is 0 Å². The number of furan rings is 2. The van der Waals surface area contributed by atoms with Crippen LogP contribution in [0.3, 0.4) is 0 Å². The van der Waals surface area contributed by atoms with Gasteiger partial charge in [-0.15, -0.1) is 0 Å². The highest BCUT2D eigenvalue weighted by molar-refractivity contribution is 6.17. The third-order valence-electron chi connectivity index (χ3n) is 10.6. The van der Waals surface area contributed by atoms with Gasteiger partial charge < -0.3 is 8.83 Å². The Kier molecular flexibility index (Phi) is 7.42. The first kappa shape index (κ1) is 31.9. The molecule has 3 heterocycles. The summed E-state index contributed by atoms with van der Waals surface area (Å²) in [6, 6.07) is 64.4. The monoisotopic (exact) mass is 717 g/mol. The Labute approximate surface area is 322 Å². The lowest BCUT2D eigenvalue weighted by atomic mass is 9.94. The zero-order valence-corrected chi connectivity index (χ0v) is 30.1. The fourth-order valence-corrected chi connectivity index (χ4v) is 7.87. The van der Waals surface area contributed by atoms with E-state index in [1.54, 1.807) is 0 Å². The predicted molar refractivity (Wildman–Crippen MR) is 227 cm³/mol. The summed E-state index contributed by atoms with van der Waals surface area (Å²) in [4.78, 5) is 15.2.